The lowest BCUT2D eigenvalue weighted by Crippen LogP contribution is -2.58. The molecule has 1 aliphatic heterocycles. The van der Waals surface area contributed by atoms with Crippen LogP contribution in [0.1, 0.15) is 192 Å². The molecule has 1 aliphatic rings. The number of hydrogen-bond acceptors (Lipinski definition) is 8. The van der Waals surface area contributed by atoms with E-state index < -0.39 is 45.1 Å². The van der Waals surface area contributed by atoms with Gasteiger partial charge in [-0.2, -0.15) is 0 Å². The predicted octanol–water partition coefficient (Wildman–Crippen LogP) is 14.4. The van der Waals surface area contributed by atoms with Crippen LogP contribution in [0, 0.1) is 0 Å². The summed E-state index contributed by atoms with van der Waals surface area (Å²) in [4.78, 5) is 10.1. The van der Waals surface area contributed by atoms with Crippen LogP contribution >= 0.6 is 7.82 Å². The summed E-state index contributed by atoms with van der Waals surface area (Å²) in [5.74, 6) is 0. The number of aliphatic hydroxyl groups is 4. The Bertz CT molecular complexity index is 1770. The fraction of sp³-hybridized carbons (Fsp3) is 0.643. The number of hydrogen-bond donors (Lipinski definition) is 5. The van der Waals surface area contributed by atoms with Crippen molar-refractivity contribution in [2.24, 2.45) is 0 Å². The third kappa shape index (κ3) is 30.6. The first-order valence-electron chi connectivity index (χ1n) is 24.7. The van der Waals surface area contributed by atoms with Gasteiger partial charge >= 0.3 is 7.82 Å². The SMILES string of the molecule is CC(C)=CCC/C(C)=C\CC/C(C)=C\CC/C(C)=C\CC/C(C)=C\CC/C(C)=C\CC/C(C)=C\CC/C(C)=C/CC/C(C)=C\CC/C(C)=C\COP(=O)(O)O[C@@H]1O[C@H](CO)[C@@H](O)[C@H](O)[C@@H]1O. The van der Waals surface area contributed by atoms with E-state index in [2.05, 4.69) is 124 Å². The van der Waals surface area contributed by atoms with Crippen LogP contribution in [0.25, 0.3) is 0 Å². The highest BCUT2D eigenvalue weighted by Gasteiger charge is 2.46. The third-order valence-corrected chi connectivity index (χ3v) is 13.0. The van der Waals surface area contributed by atoms with Gasteiger partial charge in [-0.05, 0) is 192 Å². The number of phosphoric ester groups is 1. The zero-order valence-electron chi connectivity index (χ0n) is 43.1. The zero-order valence-corrected chi connectivity index (χ0v) is 44.0. The van der Waals surface area contributed by atoms with Gasteiger partial charge in [-0.15, -0.1) is 0 Å². The second-order valence-corrected chi connectivity index (χ2v) is 20.6. The molecule has 6 atom stereocenters. The maximum Gasteiger partial charge on any atom is 0.474 e. The van der Waals surface area contributed by atoms with Gasteiger partial charge in [-0.25, -0.2) is 4.57 Å². The van der Waals surface area contributed by atoms with E-state index in [9.17, 15) is 29.9 Å². The van der Waals surface area contributed by atoms with Gasteiger partial charge in [0.2, 0.25) is 0 Å². The van der Waals surface area contributed by atoms with Crippen molar-refractivity contribution in [2.75, 3.05) is 13.2 Å². The molecule has 1 rings (SSSR count). The van der Waals surface area contributed by atoms with Gasteiger partial charge in [-0.1, -0.05) is 116 Å². The molecule has 0 bridgehead atoms. The molecule has 1 unspecified atom stereocenters. The molecule has 0 spiro atoms. The Kier molecular flexibility index (Phi) is 32.9. The molecule has 376 valence electrons. The minimum Gasteiger partial charge on any atom is -0.394 e. The molecule has 0 aromatic carbocycles. The molecule has 0 aromatic rings. The highest BCUT2D eigenvalue weighted by atomic mass is 31.2. The summed E-state index contributed by atoms with van der Waals surface area (Å²) in [6, 6.07) is 0. The van der Waals surface area contributed by atoms with Gasteiger partial charge in [0, 0.05) is 0 Å². The van der Waals surface area contributed by atoms with Gasteiger partial charge in [0.1, 0.15) is 24.4 Å². The minimum absolute atomic E-state index is 0.206. The van der Waals surface area contributed by atoms with Crippen LogP contribution in [0.15, 0.2) is 116 Å². The van der Waals surface area contributed by atoms with Crippen molar-refractivity contribution in [2.45, 2.75) is 222 Å². The lowest BCUT2D eigenvalue weighted by atomic mass is 10.00. The number of allylic oxidation sites excluding steroid dienone is 19. The second-order valence-electron chi connectivity index (χ2n) is 19.2. The number of rotatable bonds is 33. The molecule has 0 saturated carbocycles. The molecule has 0 radical (unpaired) electrons. The van der Waals surface area contributed by atoms with Gasteiger partial charge in [0.05, 0.1) is 13.2 Å². The lowest BCUT2D eigenvalue weighted by molar-refractivity contribution is -0.281. The maximum absolute atomic E-state index is 12.4. The summed E-state index contributed by atoms with van der Waals surface area (Å²) in [7, 11) is -4.67. The predicted molar refractivity (Wildman–Crippen MR) is 277 cm³/mol. The van der Waals surface area contributed by atoms with E-state index in [0.717, 1.165) is 115 Å². The van der Waals surface area contributed by atoms with Crippen LogP contribution in [0.2, 0.25) is 0 Å². The molecular formula is C56H93O9P. The van der Waals surface area contributed by atoms with Crippen molar-refractivity contribution in [3.63, 3.8) is 0 Å². The average molecular weight is 941 g/mol. The topological polar surface area (TPSA) is 146 Å². The van der Waals surface area contributed by atoms with Crippen LogP contribution in [-0.2, 0) is 18.3 Å². The van der Waals surface area contributed by atoms with E-state index >= 15 is 0 Å². The molecular weight excluding hydrogens is 848 g/mol. The molecule has 10 heteroatoms. The smallest absolute Gasteiger partial charge is 0.394 e. The van der Waals surface area contributed by atoms with E-state index in [4.69, 9.17) is 13.8 Å². The molecule has 1 saturated heterocycles. The van der Waals surface area contributed by atoms with Crippen molar-refractivity contribution < 1.29 is 43.7 Å². The zero-order chi connectivity index (χ0) is 49.5. The van der Waals surface area contributed by atoms with Gasteiger partial charge in [0.15, 0.2) is 6.29 Å². The van der Waals surface area contributed by atoms with Crippen molar-refractivity contribution in [1.29, 1.82) is 0 Å². The summed E-state index contributed by atoms with van der Waals surface area (Å²) in [5.41, 5.74) is 14.1. The fourth-order valence-corrected chi connectivity index (χ4v) is 8.23. The van der Waals surface area contributed by atoms with Gasteiger partial charge < -0.3 is 30.1 Å². The monoisotopic (exact) mass is 941 g/mol. The highest BCUT2D eigenvalue weighted by molar-refractivity contribution is 7.47. The Morgan fingerprint density at radius 2 is 0.712 bits per heavy atom. The quantitative estimate of drug-likeness (QED) is 0.0321. The van der Waals surface area contributed by atoms with E-state index in [1.807, 2.05) is 6.92 Å². The first kappa shape index (κ1) is 61.3. The highest BCUT2D eigenvalue weighted by Crippen LogP contribution is 2.46. The summed E-state index contributed by atoms with van der Waals surface area (Å²) >= 11 is 0. The Balaban J connectivity index is 2.27. The van der Waals surface area contributed by atoms with E-state index in [-0.39, 0.29) is 6.61 Å². The molecule has 0 aromatic heterocycles. The number of aliphatic hydroxyl groups excluding tert-OH is 4. The summed E-state index contributed by atoms with van der Waals surface area (Å²) in [5, 5.41) is 39.1. The summed E-state index contributed by atoms with van der Waals surface area (Å²) in [6.45, 7) is 23.4. The van der Waals surface area contributed by atoms with Crippen LogP contribution in [0.3, 0.4) is 0 Å². The van der Waals surface area contributed by atoms with Gasteiger partial charge in [0.25, 0.3) is 0 Å². The Morgan fingerprint density at radius 3 is 0.985 bits per heavy atom. The molecule has 1 heterocycles. The van der Waals surface area contributed by atoms with Crippen LogP contribution in [-0.4, -0.2) is 69.2 Å². The standard InChI is InChI=1S/C56H93O9P/c1-42(2)21-12-22-43(3)23-13-24-44(4)25-14-26-45(5)27-15-28-46(6)29-16-30-47(7)31-17-32-48(8)33-18-34-49(9)35-19-36-50(10)37-20-38-51(11)39-40-63-66(61,62)65-56-55(60)54(59)53(58)52(41-57)64-56/h21,23,25,27,29,31,33,35,37,39,52-60H,12-20,22,24,26,28,30,32,34,36,38,40-41H2,1-11H3,(H,61,62)/b43-23-,44-25-,45-27-,46-29-,47-31-,48-33-,49-35+,50-37-,51-39-/t52-,53-,54+,55+,56+/m1/s1. The molecule has 9 nitrogen and oxygen atoms in total. The average Bonchev–Trinajstić information content (AvgIpc) is 3.23. The Labute approximate surface area is 402 Å². The largest absolute Gasteiger partial charge is 0.474 e. The van der Waals surface area contributed by atoms with Crippen molar-refractivity contribution in [3.8, 4) is 0 Å². The lowest BCUT2D eigenvalue weighted by Gasteiger charge is -2.39. The first-order valence-corrected chi connectivity index (χ1v) is 26.2. The van der Waals surface area contributed by atoms with Crippen LogP contribution in [0.5, 0.6) is 0 Å². The van der Waals surface area contributed by atoms with Crippen LogP contribution in [0.4, 0.5) is 0 Å². The molecule has 5 N–H and O–H groups in total. The second kappa shape index (κ2) is 35.4. The number of phosphoric acid groups is 1. The summed E-state index contributed by atoms with van der Waals surface area (Å²) < 4.78 is 27.4. The fourth-order valence-electron chi connectivity index (χ4n) is 7.47. The van der Waals surface area contributed by atoms with E-state index in [1.165, 1.54) is 56.6 Å². The molecule has 0 aliphatic carbocycles. The molecule has 1 fully saturated rings. The van der Waals surface area contributed by atoms with Crippen molar-refractivity contribution in [1.82, 2.24) is 0 Å². The maximum atomic E-state index is 12.4. The van der Waals surface area contributed by atoms with Crippen LogP contribution < -0.4 is 0 Å². The van der Waals surface area contributed by atoms with E-state index in [0.29, 0.717) is 0 Å². The Morgan fingerprint density at radius 1 is 0.439 bits per heavy atom. The normalized spacial score (nSPS) is 22.2. The first-order chi connectivity index (χ1) is 31.2. The molecule has 0 amide bonds. The van der Waals surface area contributed by atoms with Crippen molar-refractivity contribution >= 4 is 7.82 Å². The molecule has 66 heavy (non-hydrogen) atoms. The number of ether oxygens (including phenoxy) is 1. The third-order valence-electron chi connectivity index (χ3n) is 12.1. The Hall–Kier alpha value is -2.69. The van der Waals surface area contributed by atoms with Crippen molar-refractivity contribution in [3.05, 3.63) is 116 Å². The van der Waals surface area contributed by atoms with E-state index in [1.54, 1.807) is 6.08 Å². The minimum atomic E-state index is -4.67. The van der Waals surface area contributed by atoms with Gasteiger partial charge in [-0.3, -0.25) is 9.05 Å². The summed E-state index contributed by atoms with van der Waals surface area (Å²) in [6.07, 6.45) is 34.4.